The largest absolute Gasteiger partial charge is 0.494 e. The molecule has 1 atom stereocenters. The molecule has 1 N–H and O–H groups in total. The Labute approximate surface area is 179 Å². The predicted molar refractivity (Wildman–Crippen MR) is 114 cm³/mol. The SMILES string of the molecule is COc1ccc(CN2CCN(C(=O)CC3Sc4ccccc4NC3=O)CC2)cc1F. The molecule has 2 aromatic carbocycles. The lowest BCUT2D eigenvalue weighted by atomic mass is 10.1. The van der Waals surface area contributed by atoms with Crippen molar-refractivity contribution < 1.29 is 18.7 Å². The quantitative estimate of drug-likeness (QED) is 0.792. The first kappa shape index (κ1) is 20.7. The molecule has 0 radical (unpaired) electrons. The number of halogens is 1. The summed E-state index contributed by atoms with van der Waals surface area (Å²) in [5.74, 6) is -0.251. The number of thioether (sulfide) groups is 1. The second-order valence-electron chi connectivity index (χ2n) is 7.42. The molecule has 1 fully saturated rings. The first-order valence-electron chi connectivity index (χ1n) is 9.92. The van der Waals surface area contributed by atoms with Crippen LogP contribution in [0.4, 0.5) is 10.1 Å². The second kappa shape index (κ2) is 9.06. The minimum absolute atomic E-state index is 0.00262. The van der Waals surface area contributed by atoms with Crippen LogP contribution in [0.15, 0.2) is 47.4 Å². The van der Waals surface area contributed by atoms with Gasteiger partial charge in [-0.15, -0.1) is 11.8 Å². The Morgan fingerprint density at radius 1 is 1.20 bits per heavy atom. The summed E-state index contributed by atoms with van der Waals surface area (Å²) in [4.78, 5) is 30.1. The molecule has 158 valence electrons. The van der Waals surface area contributed by atoms with Crippen molar-refractivity contribution in [3.63, 3.8) is 0 Å². The van der Waals surface area contributed by atoms with Crippen molar-refractivity contribution in [2.24, 2.45) is 0 Å². The van der Waals surface area contributed by atoms with E-state index in [0.717, 1.165) is 16.1 Å². The number of carbonyl (C=O) groups is 2. The van der Waals surface area contributed by atoms with Gasteiger partial charge in [-0.3, -0.25) is 14.5 Å². The number of benzene rings is 2. The molecule has 1 saturated heterocycles. The minimum atomic E-state index is -0.410. The zero-order valence-electron chi connectivity index (χ0n) is 16.8. The van der Waals surface area contributed by atoms with Gasteiger partial charge < -0.3 is 15.0 Å². The first-order chi connectivity index (χ1) is 14.5. The molecule has 0 spiro atoms. The molecule has 8 heteroatoms. The number of amides is 2. The van der Waals surface area contributed by atoms with E-state index in [9.17, 15) is 14.0 Å². The number of ether oxygens (including phenoxy) is 1. The van der Waals surface area contributed by atoms with Crippen LogP contribution in [-0.4, -0.2) is 60.2 Å². The minimum Gasteiger partial charge on any atom is -0.494 e. The van der Waals surface area contributed by atoms with Crippen molar-refractivity contribution in [2.45, 2.75) is 23.1 Å². The Morgan fingerprint density at radius 3 is 2.70 bits per heavy atom. The normalized spacial score (nSPS) is 19.2. The predicted octanol–water partition coefficient (Wildman–Crippen LogP) is 2.98. The summed E-state index contributed by atoms with van der Waals surface area (Å²) in [6, 6.07) is 12.6. The molecule has 30 heavy (non-hydrogen) atoms. The Hall–Kier alpha value is -2.58. The molecule has 2 aliphatic rings. The van der Waals surface area contributed by atoms with Crippen LogP contribution in [0.25, 0.3) is 0 Å². The van der Waals surface area contributed by atoms with Gasteiger partial charge in [0.05, 0.1) is 18.0 Å². The number of nitrogens with zero attached hydrogens (tertiary/aromatic N) is 2. The van der Waals surface area contributed by atoms with Gasteiger partial charge in [0.25, 0.3) is 0 Å². The lowest BCUT2D eigenvalue weighted by Crippen LogP contribution is -2.49. The maximum atomic E-state index is 13.9. The fraction of sp³-hybridized carbons (Fsp3) is 0.364. The van der Waals surface area contributed by atoms with Crippen LogP contribution < -0.4 is 10.1 Å². The van der Waals surface area contributed by atoms with E-state index >= 15 is 0 Å². The van der Waals surface area contributed by atoms with Gasteiger partial charge in [0, 0.05) is 44.0 Å². The average molecular weight is 430 g/mol. The van der Waals surface area contributed by atoms with Crippen molar-refractivity contribution in [1.82, 2.24) is 9.80 Å². The number of hydrogen-bond donors (Lipinski definition) is 1. The number of methoxy groups -OCH3 is 1. The zero-order chi connectivity index (χ0) is 21.1. The van der Waals surface area contributed by atoms with Gasteiger partial charge in [-0.2, -0.15) is 0 Å². The number of rotatable bonds is 5. The molecule has 2 amide bonds. The Bertz CT molecular complexity index is 947. The van der Waals surface area contributed by atoms with Gasteiger partial charge in [-0.25, -0.2) is 4.39 Å². The number of nitrogens with one attached hydrogen (secondary N) is 1. The molecular formula is C22H24FN3O3S. The Morgan fingerprint density at radius 2 is 1.97 bits per heavy atom. The summed E-state index contributed by atoms with van der Waals surface area (Å²) < 4.78 is 18.8. The van der Waals surface area contributed by atoms with E-state index in [1.54, 1.807) is 6.07 Å². The summed E-state index contributed by atoms with van der Waals surface area (Å²) in [6.07, 6.45) is 0.189. The highest BCUT2D eigenvalue weighted by molar-refractivity contribution is 8.01. The molecule has 2 aliphatic heterocycles. The van der Waals surface area contributed by atoms with Crippen LogP contribution in [0.5, 0.6) is 5.75 Å². The number of para-hydroxylation sites is 1. The van der Waals surface area contributed by atoms with Crippen LogP contribution in [0.2, 0.25) is 0 Å². The number of carbonyl (C=O) groups excluding carboxylic acids is 2. The molecule has 2 heterocycles. The maximum Gasteiger partial charge on any atom is 0.238 e. The van der Waals surface area contributed by atoms with E-state index in [0.29, 0.717) is 32.7 Å². The summed E-state index contributed by atoms with van der Waals surface area (Å²) in [5, 5.41) is 2.48. The molecule has 6 nitrogen and oxygen atoms in total. The molecule has 0 aliphatic carbocycles. The maximum absolute atomic E-state index is 13.9. The van der Waals surface area contributed by atoms with Crippen molar-refractivity contribution in [3.05, 3.63) is 53.8 Å². The summed E-state index contributed by atoms with van der Waals surface area (Å²) in [5.41, 5.74) is 1.68. The lowest BCUT2D eigenvalue weighted by Gasteiger charge is -2.35. The third-order valence-corrected chi connectivity index (χ3v) is 6.69. The van der Waals surface area contributed by atoms with Gasteiger partial charge in [-0.05, 0) is 29.8 Å². The van der Waals surface area contributed by atoms with Crippen LogP contribution in [0.3, 0.4) is 0 Å². The smallest absolute Gasteiger partial charge is 0.238 e. The summed E-state index contributed by atoms with van der Waals surface area (Å²) in [7, 11) is 1.45. The number of hydrogen-bond acceptors (Lipinski definition) is 5. The van der Waals surface area contributed by atoms with E-state index in [1.807, 2.05) is 35.2 Å². The van der Waals surface area contributed by atoms with Gasteiger partial charge in [-0.1, -0.05) is 18.2 Å². The molecule has 0 aromatic heterocycles. The second-order valence-corrected chi connectivity index (χ2v) is 8.67. The van der Waals surface area contributed by atoms with Gasteiger partial charge in [0.2, 0.25) is 11.8 Å². The van der Waals surface area contributed by atoms with Gasteiger partial charge in [0.1, 0.15) is 0 Å². The molecule has 2 aromatic rings. The monoisotopic (exact) mass is 429 g/mol. The van der Waals surface area contributed by atoms with Crippen LogP contribution >= 0.6 is 11.8 Å². The van der Waals surface area contributed by atoms with Crippen molar-refractivity contribution >= 4 is 29.3 Å². The van der Waals surface area contributed by atoms with Crippen LogP contribution in [0, 0.1) is 5.82 Å². The average Bonchev–Trinajstić information content (AvgIpc) is 2.75. The summed E-state index contributed by atoms with van der Waals surface area (Å²) >= 11 is 1.45. The van der Waals surface area contributed by atoms with Gasteiger partial charge in [0.15, 0.2) is 11.6 Å². The van der Waals surface area contributed by atoms with Gasteiger partial charge >= 0.3 is 0 Å². The van der Waals surface area contributed by atoms with E-state index in [1.165, 1.54) is 24.9 Å². The molecular weight excluding hydrogens is 405 g/mol. The molecule has 0 saturated carbocycles. The number of fused-ring (bicyclic) bond motifs is 1. The summed E-state index contributed by atoms with van der Waals surface area (Å²) in [6.45, 7) is 3.26. The zero-order valence-corrected chi connectivity index (χ0v) is 17.6. The molecule has 0 bridgehead atoms. The van der Waals surface area contributed by atoms with Crippen LogP contribution in [-0.2, 0) is 16.1 Å². The van der Waals surface area contributed by atoms with Crippen molar-refractivity contribution in [1.29, 1.82) is 0 Å². The first-order valence-corrected chi connectivity index (χ1v) is 10.8. The van der Waals surface area contributed by atoms with E-state index in [4.69, 9.17) is 4.74 Å². The van der Waals surface area contributed by atoms with Crippen molar-refractivity contribution in [3.8, 4) is 5.75 Å². The Balaban J connectivity index is 1.28. The molecule has 4 rings (SSSR count). The lowest BCUT2D eigenvalue weighted by molar-refractivity contribution is -0.134. The Kier molecular flexibility index (Phi) is 6.24. The third kappa shape index (κ3) is 4.60. The highest BCUT2D eigenvalue weighted by atomic mass is 32.2. The fourth-order valence-electron chi connectivity index (χ4n) is 3.74. The highest BCUT2D eigenvalue weighted by Crippen LogP contribution is 2.36. The van der Waals surface area contributed by atoms with E-state index in [2.05, 4.69) is 10.2 Å². The topological polar surface area (TPSA) is 61.9 Å². The van der Waals surface area contributed by atoms with Crippen LogP contribution in [0.1, 0.15) is 12.0 Å². The van der Waals surface area contributed by atoms with E-state index < -0.39 is 5.25 Å². The number of anilines is 1. The fourth-order valence-corrected chi connectivity index (χ4v) is 4.84. The standard InChI is InChI=1S/C22H24FN3O3S/c1-29-18-7-6-15(12-16(18)23)14-25-8-10-26(11-9-25)21(27)13-20-22(28)24-17-4-2-3-5-19(17)30-20/h2-7,12,20H,8-11,13-14H2,1H3,(H,24,28). The number of piperazine rings is 1. The van der Waals surface area contributed by atoms with Crippen molar-refractivity contribution in [2.75, 3.05) is 38.6 Å². The van der Waals surface area contributed by atoms with E-state index in [-0.39, 0.29) is 29.8 Å². The third-order valence-electron chi connectivity index (χ3n) is 5.41. The molecule has 1 unspecified atom stereocenters. The highest BCUT2D eigenvalue weighted by Gasteiger charge is 2.31.